The van der Waals surface area contributed by atoms with Crippen molar-refractivity contribution < 1.29 is 60.5 Å². The van der Waals surface area contributed by atoms with Crippen LogP contribution < -0.4 is 9.47 Å². The zero-order valence-electron chi connectivity index (χ0n) is 25.7. The van der Waals surface area contributed by atoms with Crippen molar-refractivity contribution in [2.45, 2.75) is 37.3 Å². The second kappa shape index (κ2) is 11.1. The molecule has 50 heavy (non-hydrogen) atoms. The lowest BCUT2D eigenvalue weighted by atomic mass is 9.83. The minimum atomic E-state index is -1.42. The molecule has 10 N–H and O–H groups in total. The van der Waals surface area contributed by atoms with Gasteiger partial charge in [-0.3, -0.25) is 0 Å². The Bertz CT molecular complexity index is 2400. The summed E-state index contributed by atoms with van der Waals surface area (Å²) in [5.41, 5.74) is 0.692. The van der Waals surface area contributed by atoms with Gasteiger partial charge < -0.3 is 60.5 Å². The molecule has 0 spiro atoms. The van der Waals surface area contributed by atoms with E-state index >= 15 is 0 Å². The van der Waals surface area contributed by atoms with Crippen molar-refractivity contribution >= 4 is 22.1 Å². The molecule has 14 heteroatoms. The molecular weight excluding hydrogens is 652 g/mol. The van der Waals surface area contributed by atoms with E-state index in [0.717, 1.165) is 18.2 Å². The van der Waals surface area contributed by atoms with Crippen LogP contribution >= 0.6 is 0 Å². The maximum absolute atomic E-state index is 11.7. The number of nitrogens with zero attached hydrogens (tertiary/aromatic N) is 2. The van der Waals surface area contributed by atoms with Crippen molar-refractivity contribution in [2.75, 3.05) is 0 Å². The summed E-state index contributed by atoms with van der Waals surface area (Å²) in [5, 5.41) is 109. The number of hydrogen-bond acceptors (Lipinski definition) is 14. The number of rotatable bonds is 3. The van der Waals surface area contributed by atoms with Gasteiger partial charge in [0, 0.05) is 70.5 Å². The van der Waals surface area contributed by atoms with E-state index in [9.17, 15) is 51.1 Å². The van der Waals surface area contributed by atoms with E-state index in [1.54, 1.807) is 24.3 Å². The molecule has 0 saturated heterocycles. The molecule has 4 atom stereocenters. The quantitative estimate of drug-likeness (QED) is 0.0931. The van der Waals surface area contributed by atoms with Gasteiger partial charge >= 0.3 is 0 Å². The second-order valence-corrected chi connectivity index (χ2v) is 12.3. The average molecular weight is 681 g/mol. The van der Waals surface area contributed by atoms with Crippen LogP contribution in [0.5, 0.6) is 57.5 Å². The average Bonchev–Trinajstić information content (AvgIpc) is 3.07. The van der Waals surface area contributed by atoms with Crippen molar-refractivity contribution in [3.05, 3.63) is 82.9 Å². The maximum Gasteiger partial charge on any atom is 0.200 e. The third-order valence-corrected chi connectivity index (χ3v) is 9.15. The van der Waals surface area contributed by atoms with Crippen LogP contribution in [-0.4, -0.2) is 73.2 Å². The first-order chi connectivity index (χ1) is 23.9. The van der Waals surface area contributed by atoms with Crippen LogP contribution in [0.4, 0.5) is 0 Å². The molecule has 1 aromatic heterocycles. The zero-order valence-corrected chi connectivity index (χ0v) is 25.7. The number of phenolic OH excluding ortho intramolecular Hbond substituents is 8. The maximum atomic E-state index is 11.7. The lowest BCUT2D eigenvalue weighted by molar-refractivity contribution is 0.0190. The van der Waals surface area contributed by atoms with Crippen molar-refractivity contribution in [3.63, 3.8) is 0 Å². The first-order valence-corrected chi connectivity index (χ1v) is 15.4. The fraction of sp³-hybridized carbons (Fsp3) is 0.167. The summed E-state index contributed by atoms with van der Waals surface area (Å²) in [5.74, 6) is -4.29. The number of ether oxygens (including phenoxy) is 2. The molecule has 254 valence electrons. The molecule has 0 aliphatic carbocycles. The minimum Gasteiger partial charge on any atom is -0.508 e. The van der Waals surface area contributed by atoms with E-state index in [0.29, 0.717) is 11.0 Å². The van der Waals surface area contributed by atoms with Crippen molar-refractivity contribution in [3.8, 4) is 68.6 Å². The van der Waals surface area contributed by atoms with Crippen LogP contribution in [0.1, 0.15) is 34.5 Å². The monoisotopic (exact) mass is 680 g/mol. The fourth-order valence-corrected chi connectivity index (χ4v) is 6.87. The van der Waals surface area contributed by atoms with Gasteiger partial charge in [0.05, 0.1) is 23.2 Å². The Kier molecular flexibility index (Phi) is 6.85. The van der Waals surface area contributed by atoms with Gasteiger partial charge in [-0.1, -0.05) is 12.1 Å². The lowest BCUT2D eigenvalue weighted by Gasteiger charge is -2.35. The Balaban J connectivity index is 1.44. The highest BCUT2D eigenvalue weighted by atomic mass is 16.5. The van der Waals surface area contributed by atoms with Crippen molar-refractivity contribution in [1.82, 2.24) is 9.97 Å². The van der Waals surface area contributed by atoms with Crippen LogP contribution in [-0.2, 0) is 12.8 Å². The number of aliphatic hydroxyl groups excluding tert-OH is 2. The van der Waals surface area contributed by atoms with E-state index in [4.69, 9.17) is 14.5 Å². The van der Waals surface area contributed by atoms with E-state index in [2.05, 4.69) is 4.98 Å². The van der Waals surface area contributed by atoms with Gasteiger partial charge in [-0.25, -0.2) is 9.97 Å². The summed E-state index contributed by atoms with van der Waals surface area (Å²) in [6, 6.07) is 13.7. The number of aromatic hydroxyl groups is 8. The summed E-state index contributed by atoms with van der Waals surface area (Å²) < 4.78 is 12.3. The van der Waals surface area contributed by atoms with Crippen molar-refractivity contribution in [1.29, 1.82) is 0 Å². The highest BCUT2D eigenvalue weighted by Gasteiger charge is 2.40. The molecule has 2 aliphatic heterocycles. The van der Waals surface area contributed by atoms with Crippen LogP contribution in [0, 0.1) is 0 Å². The van der Waals surface area contributed by atoms with E-state index < -0.39 is 47.4 Å². The Morgan fingerprint density at radius 3 is 1.54 bits per heavy atom. The number of benzene rings is 5. The SMILES string of the molecule is Oc1cc(O)c2c(c1)OC(c1cc(O)c(O)c(O)c1-c1c(C3Oc4cc(O)cc(O)c4CC3O)cc(O)c3nc4ccccc4nc13)C(O)C2. The summed E-state index contributed by atoms with van der Waals surface area (Å²) in [6.07, 6.45) is -5.94. The Morgan fingerprint density at radius 2 is 1.00 bits per heavy atom. The molecule has 0 saturated carbocycles. The van der Waals surface area contributed by atoms with Gasteiger partial charge in [-0.05, 0) is 24.3 Å². The molecule has 0 fully saturated rings. The summed E-state index contributed by atoms with van der Waals surface area (Å²) >= 11 is 0. The first-order valence-electron chi connectivity index (χ1n) is 15.4. The molecule has 5 aromatic carbocycles. The third-order valence-electron chi connectivity index (χ3n) is 9.15. The van der Waals surface area contributed by atoms with Crippen LogP contribution in [0.25, 0.3) is 33.2 Å². The molecule has 6 aromatic rings. The fourth-order valence-electron chi connectivity index (χ4n) is 6.87. The first kappa shape index (κ1) is 30.9. The van der Waals surface area contributed by atoms with E-state index in [1.165, 1.54) is 18.2 Å². The van der Waals surface area contributed by atoms with E-state index in [1.807, 2.05) is 0 Å². The second-order valence-electron chi connectivity index (χ2n) is 12.3. The van der Waals surface area contributed by atoms with Gasteiger partial charge in [0.1, 0.15) is 51.3 Å². The van der Waals surface area contributed by atoms with E-state index in [-0.39, 0.29) is 91.8 Å². The smallest absolute Gasteiger partial charge is 0.200 e. The highest BCUT2D eigenvalue weighted by molar-refractivity contribution is 6.03. The molecule has 14 nitrogen and oxygen atoms in total. The Labute approximate surface area is 281 Å². The molecule has 0 amide bonds. The van der Waals surface area contributed by atoms with Gasteiger partial charge in [-0.15, -0.1) is 0 Å². The molecule has 3 heterocycles. The molecule has 0 bridgehead atoms. The normalized spacial score (nSPS) is 19.8. The number of hydrogen-bond donors (Lipinski definition) is 10. The predicted octanol–water partition coefficient (Wildman–Crippen LogP) is 4.17. The number of fused-ring (bicyclic) bond motifs is 4. The standard InChI is InChI=1S/C36H28N2O12/c39-13-5-21(41)15-9-25(45)35(49-27(15)7-13)17-11-23(43)31-32(38-20-4-2-1-3-19(20)37-31)29(17)30-18(12-24(44)33(47)34(30)48)36-26(46)10-16-22(42)6-14(40)8-28(16)50-36/h1-8,11-12,25-26,35-36,39-48H,9-10H2. The topological polar surface area (TPSA) is 247 Å². The van der Waals surface area contributed by atoms with Gasteiger partial charge in [0.2, 0.25) is 5.75 Å². The largest absolute Gasteiger partial charge is 0.508 e. The number of aliphatic hydroxyl groups is 2. The molecule has 8 rings (SSSR count). The third kappa shape index (κ3) is 4.72. The Morgan fingerprint density at radius 1 is 0.520 bits per heavy atom. The van der Waals surface area contributed by atoms with Crippen molar-refractivity contribution in [2.24, 2.45) is 0 Å². The Hall–Kier alpha value is -6.38. The number of para-hydroxylation sites is 2. The zero-order chi connectivity index (χ0) is 35.2. The molecule has 4 unspecified atom stereocenters. The van der Waals surface area contributed by atoms with Gasteiger partial charge in [0.15, 0.2) is 23.7 Å². The molecular formula is C36H28N2O12. The predicted molar refractivity (Wildman–Crippen MR) is 175 cm³/mol. The van der Waals surface area contributed by atoms with Gasteiger partial charge in [0.25, 0.3) is 0 Å². The lowest BCUT2D eigenvalue weighted by Crippen LogP contribution is -2.32. The van der Waals surface area contributed by atoms with Crippen LogP contribution in [0.2, 0.25) is 0 Å². The number of phenols is 8. The highest BCUT2D eigenvalue weighted by Crippen LogP contribution is 2.55. The molecule has 0 radical (unpaired) electrons. The molecule has 2 aliphatic rings. The van der Waals surface area contributed by atoms with Gasteiger partial charge in [-0.2, -0.15) is 0 Å². The summed E-state index contributed by atoms with van der Waals surface area (Å²) in [4.78, 5) is 9.35. The van der Waals surface area contributed by atoms with Crippen LogP contribution in [0.15, 0.2) is 60.7 Å². The number of aromatic nitrogens is 2. The van der Waals surface area contributed by atoms with Crippen LogP contribution in [0.3, 0.4) is 0 Å². The summed E-state index contributed by atoms with van der Waals surface area (Å²) in [7, 11) is 0. The summed E-state index contributed by atoms with van der Waals surface area (Å²) in [6.45, 7) is 0. The minimum absolute atomic E-state index is 0.000337.